The summed E-state index contributed by atoms with van der Waals surface area (Å²) in [5.41, 5.74) is 0. The fraction of sp³-hybridized carbons (Fsp3) is 0.875. The van der Waals surface area contributed by atoms with E-state index in [2.05, 4.69) is 5.32 Å². The van der Waals surface area contributed by atoms with Crippen LogP contribution in [-0.4, -0.2) is 37.0 Å². The summed E-state index contributed by atoms with van der Waals surface area (Å²) in [6.07, 6.45) is 0. The van der Waals surface area contributed by atoms with E-state index in [0.29, 0.717) is 12.6 Å². The van der Waals surface area contributed by atoms with Crippen LogP contribution in [0.1, 0.15) is 20.8 Å². The van der Waals surface area contributed by atoms with Gasteiger partial charge in [0.2, 0.25) is 5.91 Å². The standard InChI is InChI=1S/C8H18N2O/c1-5-9-6-8(11)10(4)7(2)3/h7,9H,5-6H2,1-4H3. The number of likely N-dealkylation sites (N-methyl/N-ethyl adjacent to an activating group) is 2. The van der Waals surface area contributed by atoms with Crippen LogP contribution in [0.2, 0.25) is 0 Å². The number of rotatable bonds is 4. The molecule has 1 amide bonds. The molecule has 0 aliphatic carbocycles. The molecule has 3 nitrogen and oxygen atoms in total. The average molecular weight is 158 g/mol. The highest BCUT2D eigenvalue weighted by atomic mass is 16.2. The summed E-state index contributed by atoms with van der Waals surface area (Å²) >= 11 is 0. The molecule has 3 heteroatoms. The highest BCUT2D eigenvalue weighted by molar-refractivity contribution is 5.78. The van der Waals surface area contributed by atoms with Gasteiger partial charge in [-0.3, -0.25) is 4.79 Å². The van der Waals surface area contributed by atoms with Crippen molar-refractivity contribution >= 4 is 5.91 Å². The van der Waals surface area contributed by atoms with Crippen molar-refractivity contribution in [3.05, 3.63) is 0 Å². The Bertz CT molecular complexity index is 123. The van der Waals surface area contributed by atoms with Crippen molar-refractivity contribution in [1.29, 1.82) is 0 Å². The molecular weight excluding hydrogens is 140 g/mol. The van der Waals surface area contributed by atoms with Crippen LogP contribution in [0.4, 0.5) is 0 Å². The Labute approximate surface area is 68.8 Å². The quantitative estimate of drug-likeness (QED) is 0.644. The summed E-state index contributed by atoms with van der Waals surface area (Å²) in [5.74, 6) is 0.154. The molecule has 1 N–H and O–H groups in total. The number of carbonyl (C=O) groups excluding carboxylic acids is 1. The van der Waals surface area contributed by atoms with Gasteiger partial charge in [-0.2, -0.15) is 0 Å². The Morgan fingerprint density at radius 2 is 2.09 bits per heavy atom. The smallest absolute Gasteiger partial charge is 0.236 e. The van der Waals surface area contributed by atoms with E-state index >= 15 is 0 Å². The van der Waals surface area contributed by atoms with Crippen LogP contribution in [-0.2, 0) is 4.79 Å². The summed E-state index contributed by atoms with van der Waals surface area (Å²) in [4.78, 5) is 12.9. The van der Waals surface area contributed by atoms with Crippen LogP contribution in [0.15, 0.2) is 0 Å². The SMILES string of the molecule is CCNCC(=O)N(C)C(C)C. The second kappa shape index (κ2) is 5.13. The van der Waals surface area contributed by atoms with Gasteiger partial charge in [0.05, 0.1) is 6.54 Å². The van der Waals surface area contributed by atoms with Crippen LogP contribution in [0.3, 0.4) is 0 Å². The second-order valence-electron chi connectivity index (χ2n) is 2.88. The first kappa shape index (κ1) is 10.4. The van der Waals surface area contributed by atoms with Crippen molar-refractivity contribution in [3.8, 4) is 0 Å². The number of nitrogens with zero attached hydrogens (tertiary/aromatic N) is 1. The zero-order valence-electron chi connectivity index (χ0n) is 7.85. The van der Waals surface area contributed by atoms with Gasteiger partial charge in [-0.15, -0.1) is 0 Å². The van der Waals surface area contributed by atoms with Gasteiger partial charge in [0.25, 0.3) is 0 Å². The molecule has 11 heavy (non-hydrogen) atoms. The summed E-state index contributed by atoms with van der Waals surface area (Å²) < 4.78 is 0. The molecule has 0 spiro atoms. The van der Waals surface area contributed by atoms with Crippen molar-refractivity contribution in [1.82, 2.24) is 10.2 Å². The second-order valence-corrected chi connectivity index (χ2v) is 2.88. The Morgan fingerprint density at radius 1 is 1.55 bits per heavy atom. The molecule has 0 saturated heterocycles. The number of hydrogen-bond acceptors (Lipinski definition) is 2. The van der Waals surface area contributed by atoms with E-state index in [9.17, 15) is 4.79 Å². The van der Waals surface area contributed by atoms with Crippen molar-refractivity contribution in [2.75, 3.05) is 20.1 Å². The molecule has 0 aliphatic rings. The first-order valence-electron chi connectivity index (χ1n) is 4.06. The third kappa shape index (κ3) is 3.98. The molecule has 0 aromatic rings. The van der Waals surface area contributed by atoms with E-state index in [-0.39, 0.29) is 5.91 Å². The molecule has 0 unspecified atom stereocenters. The molecule has 0 atom stereocenters. The Balaban J connectivity index is 3.64. The predicted molar refractivity (Wildman–Crippen MR) is 46.4 cm³/mol. The number of carbonyl (C=O) groups is 1. The summed E-state index contributed by atoms with van der Waals surface area (Å²) in [7, 11) is 1.82. The normalized spacial score (nSPS) is 10.3. The van der Waals surface area contributed by atoms with Crippen LogP contribution in [0.5, 0.6) is 0 Å². The Kier molecular flexibility index (Phi) is 4.86. The maximum atomic E-state index is 11.2. The van der Waals surface area contributed by atoms with Crippen LogP contribution in [0, 0.1) is 0 Å². The fourth-order valence-corrected chi connectivity index (χ4v) is 0.645. The van der Waals surface area contributed by atoms with E-state index in [0.717, 1.165) is 6.54 Å². The van der Waals surface area contributed by atoms with Crippen molar-refractivity contribution in [2.45, 2.75) is 26.8 Å². The highest BCUT2D eigenvalue weighted by Crippen LogP contribution is 1.92. The number of nitrogens with one attached hydrogen (secondary N) is 1. The maximum Gasteiger partial charge on any atom is 0.236 e. The Hall–Kier alpha value is -0.570. The fourth-order valence-electron chi connectivity index (χ4n) is 0.645. The topological polar surface area (TPSA) is 32.3 Å². The van der Waals surface area contributed by atoms with E-state index in [4.69, 9.17) is 0 Å². The van der Waals surface area contributed by atoms with Crippen molar-refractivity contribution < 1.29 is 4.79 Å². The lowest BCUT2D eigenvalue weighted by Crippen LogP contribution is -2.39. The maximum absolute atomic E-state index is 11.2. The number of amides is 1. The van der Waals surface area contributed by atoms with E-state index < -0.39 is 0 Å². The van der Waals surface area contributed by atoms with Crippen LogP contribution >= 0.6 is 0 Å². The van der Waals surface area contributed by atoms with Gasteiger partial charge in [-0.1, -0.05) is 6.92 Å². The average Bonchev–Trinajstić information content (AvgIpc) is 1.98. The van der Waals surface area contributed by atoms with E-state index in [1.165, 1.54) is 0 Å². The van der Waals surface area contributed by atoms with Gasteiger partial charge in [-0.05, 0) is 20.4 Å². The van der Waals surface area contributed by atoms with E-state index in [1.54, 1.807) is 4.90 Å². The van der Waals surface area contributed by atoms with Gasteiger partial charge < -0.3 is 10.2 Å². The minimum Gasteiger partial charge on any atom is -0.342 e. The molecule has 0 rings (SSSR count). The highest BCUT2D eigenvalue weighted by Gasteiger charge is 2.09. The zero-order valence-corrected chi connectivity index (χ0v) is 7.85. The molecule has 0 bridgehead atoms. The molecule has 0 fully saturated rings. The van der Waals surface area contributed by atoms with Gasteiger partial charge in [0.15, 0.2) is 0 Å². The molecule has 0 saturated carbocycles. The molecular formula is C8H18N2O. The van der Waals surface area contributed by atoms with Gasteiger partial charge in [-0.25, -0.2) is 0 Å². The molecule has 0 aromatic carbocycles. The molecule has 0 radical (unpaired) electrons. The minimum absolute atomic E-state index is 0.154. The lowest BCUT2D eigenvalue weighted by molar-refractivity contribution is -0.130. The summed E-state index contributed by atoms with van der Waals surface area (Å²) in [5, 5.41) is 2.99. The number of hydrogen-bond donors (Lipinski definition) is 1. The van der Waals surface area contributed by atoms with Crippen LogP contribution < -0.4 is 5.32 Å². The minimum atomic E-state index is 0.154. The lowest BCUT2D eigenvalue weighted by Gasteiger charge is -2.21. The first-order chi connectivity index (χ1) is 5.09. The largest absolute Gasteiger partial charge is 0.342 e. The lowest BCUT2D eigenvalue weighted by atomic mass is 10.3. The van der Waals surface area contributed by atoms with Gasteiger partial charge in [0, 0.05) is 13.1 Å². The van der Waals surface area contributed by atoms with Crippen molar-refractivity contribution in [2.24, 2.45) is 0 Å². The van der Waals surface area contributed by atoms with Crippen molar-refractivity contribution in [3.63, 3.8) is 0 Å². The molecule has 0 aliphatic heterocycles. The summed E-state index contributed by atoms with van der Waals surface area (Å²) in [6.45, 7) is 7.29. The molecule has 66 valence electrons. The third-order valence-electron chi connectivity index (χ3n) is 1.69. The monoisotopic (exact) mass is 158 g/mol. The van der Waals surface area contributed by atoms with Gasteiger partial charge >= 0.3 is 0 Å². The van der Waals surface area contributed by atoms with Crippen LogP contribution in [0.25, 0.3) is 0 Å². The molecule has 0 aromatic heterocycles. The first-order valence-corrected chi connectivity index (χ1v) is 4.06. The zero-order chi connectivity index (χ0) is 8.85. The predicted octanol–water partition coefficient (Wildman–Crippen LogP) is 0.463. The Morgan fingerprint density at radius 3 is 2.45 bits per heavy atom. The van der Waals surface area contributed by atoms with E-state index in [1.807, 2.05) is 27.8 Å². The molecule has 0 heterocycles. The third-order valence-corrected chi connectivity index (χ3v) is 1.69. The van der Waals surface area contributed by atoms with Gasteiger partial charge in [0.1, 0.15) is 0 Å². The summed E-state index contributed by atoms with van der Waals surface area (Å²) in [6, 6.07) is 0.293.